The molecule has 0 saturated heterocycles. The number of anilines is 1. The van der Waals surface area contributed by atoms with Crippen LogP contribution in [0.1, 0.15) is 19.3 Å². The highest BCUT2D eigenvalue weighted by Gasteiger charge is 2.26. The molecular formula is C12H17N5. The number of rotatable bonds is 4. The third-order valence-corrected chi connectivity index (χ3v) is 3.46. The first-order valence-corrected chi connectivity index (χ1v) is 6.15. The SMILES string of the molecule is NCCN(c1nccn2nccc12)C1CCC1. The number of hydrogen-bond acceptors (Lipinski definition) is 4. The molecule has 0 aromatic carbocycles. The Morgan fingerprint density at radius 3 is 3.00 bits per heavy atom. The van der Waals surface area contributed by atoms with Gasteiger partial charge >= 0.3 is 0 Å². The predicted molar refractivity (Wildman–Crippen MR) is 67.0 cm³/mol. The molecule has 2 N–H and O–H groups in total. The van der Waals surface area contributed by atoms with Crippen LogP contribution in [0.5, 0.6) is 0 Å². The Labute approximate surface area is 100 Å². The Balaban J connectivity index is 2.01. The first-order chi connectivity index (χ1) is 8.40. The minimum absolute atomic E-state index is 0.604. The Morgan fingerprint density at radius 1 is 1.41 bits per heavy atom. The molecule has 2 aromatic rings. The fourth-order valence-electron chi connectivity index (χ4n) is 2.36. The van der Waals surface area contributed by atoms with Crippen molar-refractivity contribution in [1.82, 2.24) is 14.6 Å². The van der Waals surface area contributed by atoms with Gasteiger partial charge in [0, 0.05) is 31.5 Å². The van der Waals surface area contributed by atoms with Gasteiger partial charge in [-0.1, -0.05) is 0 Å². The molecular weight excluding hydrogens is 214 g/mol. The van der Waals surface area contributed by atoms with E-state index in [4.69, 9.17) is 5.73 Å². The van der Waals surface area contributed by atoms with Gasteiger partial charge in [0.2, 0.25) is 0 Å². The van der Waals surface area contributed by atoms with E-state index in [2.05, 4.69) is 15.0 Å². The Morgan fingerprint density at radius 2 is 2.29 bits per heavy atom. The average Bonchev–Trinajstić information content (AvgIpc) is 2.73. The van der Waals surface area contributed by atoms with Crippen molar-refractivity contribution in [3.8, 4) is 0 Å². The zero-order valence-electron chi connectivity index (χ0n) is 9.79. The summed E-state index contributed by atoms with van der Waals surface area (Å²) >= 11 is 0. The molecule has 1 aliphatic carbocycles. The maximum Gasteiger partial charge on any atom is 0.154 e. The van der Waals surface area contributed by atoms with E-state index >= 15 is 0 Å². The van der Waals surface area contributed by atoms with E-state index in [1.807, 2.05) is 23.0 Å². The van der Waals surface area contributed by atoms with E-state index in [0.29, 0.717) is 12.6 Å². The number of fused-ring (bicyclic) bond motifs is 1. The molecule has 17 heavy (non-hydrogen) atoms. The molecule has 1 aliphatic rings. The third kappa shape index (κ3) is 1.76. The molecule has 0 unspecified atom stereocenters. The maximum atomic E-state index is 5.71. The summed E-state index contributed by atoms with van der Waals surface area (Å²) in [5, 5.41) is 4.24. The average molecular weight is 231 g/mol. The van der Waals surface area contributed by atoms with E-state index < -0.39 is 0 Å². The molecule has 1 fully saturated rings. The van der Waals surface area contributed by atoms with Crippen LogP contribution < -0.4 is 10.6 Å². The lowest BCUT2D eigenvalue weighted by Crippen LogP contribution is -2.43. The molecule has 0 atom stereocenters. The van der Waals surface area contributed by atoms with Crippen LogP contribution in [0, 0.1) is 0 Å². The summed E-state index contributed by atoms with van der Waals surface area (Å²) in [6.07, 6.45) is 9.29. The van der Waals surface area contributed by atoms with Crippen molar-refractivity contribution in [2.75, 3.05) is 18.0 Å². The lowest BCUT2D eigenvalue weighted by Gasteiger charge is -2.38. The third-order valence-electron chi connectivity index (χ3n) is 3.46. The van der Waals surface area contributed by atoms with Crippen LogP contribution in [0.25, 0.3) is 5.52 Å². The second-order valence-corrected chi connectivity index (χ2v) is 4.48. The highest BCUT2D eigenvalue weighted by Crippen LogP contribution is 2.30. The predicted octanol–water partition coefficient (Wildman–Crippen LogP) is 1.05. The van der Waals surface area contributed by atoms with Crippen molar-refractivity contribution in [2.24, 2.45) is 5.73 Å². The van der Waals surface area contributed by atoms with Crippen LogP contribution in [-0.2, 0) is 0 Å². The lowest BCUT2D eigenvalue weighted by atomic mass is 9.91. The fraction of sp³-hybridized carbons (Fsp3) is 0.500. The van der Waals surface area contributed by atoms with E-state index in [1.54, 1.807) is 6.20 Å². The molecule has 2 aromatic heterocycles. The van der Waals surface area contributed by atoms with Crippen LogP contribution in [0.15, 0.2) is 24.7 Å². The highest BCUT2D eigenvalue weighted by molar-refractivity contribution is 5.68. The summed E-state index contributed by atoms with van der Waals surface area (Å²) in [6.45, 7) is 1.52. The Hall–Kier alpha value is -1.62. The van der Waals surface area contributed by atoms with E-state index in [0.717, 1.165) is 17.9 Å². The van der Waals surface area contributed by atoms with Crippen LogP contribution in [0.4, 0.5) is 5.82 Å². The van der Waals surface area contributed by atoms with Crippen molar-refractivity contribution in [1.29, 1.82) is 0 Å². The molecule has 90 valence electrons. The summed E-state index contributed by atoms with van der Waals surface area (Å²) in [5.74, 6) is 1.01. The topological polar surface area (TPSA) is 59.5 Å². The van der Waals surface area contributed by atoms with Gasteiger partial charge in [-0.05, 0) is 25.3 Å². The summed E-state index contributed by atoms with van der Waals surface area (Å²) in [4.78, 5) is 6.84. The number of nitrogens with zero attached hydrogens (tertiary/aromatic N) is 4. The summed E-state index contributed by atoms with van der Waals surface area (Å²) in [6, 6.07) is 2.61. The van der Waals surface area contributed by atoms with Gasteiger partial charge in [-0.2, -0.15) is 5.10 Å². The number of hydrogen-bond donors (Lipinski definition) is 1. The maximum absolute atomic E-state index is 5.71. The van der Waals surface area contributed by atoms with Crippen LogP contribution in [-0.4, -0.2) is 33.7 Å². The zero-order chi connectivity index (χ0) is 11.7. The van der Waals surface area contributed by atoms with Crippen molar-refractivity contribution in [2.45, 2.75) is 25.3 Å². The fourth-order valence-corrected chi connectivity index (χ4v) is 2.36. The first kappa shape index (κ1) is 10.5. The van der Waals surface area contributed by atoms with Gasteiger partial charge in [0.1, 0.15) is 5.52 Å². The smallest absolute Gasteiger partial charge is 0.154 e. The molecule has 5 heteroatoms. The molecule has 3 rings (SSSR count). The molecule has 0 spiro atoms. The van der Waals surface area contributed by atoms with Gasteiger partial charge in [0.05, 0.1) is 6.20 Å². The number of aromatic nitrogens is 3. The van der Waals surface area contributed by atoms with Gasteiger partial charge < -0.3 is 10.6 Å². The molecule has 5 nitrogen and oxygen atoms in total. The Kier molecular flexibility index (Phi) is 2.68. The Bertz CT molecular complexity index is 502. The second-order valence-electron chi connectivity index (χ2n) is 4.48. The molecule has 1 saturated carbocycles. The quantitative estimate of drug-likeness (QED) is 0.854. The molecule has 0 bridgehead atoms. The monoisotopic (exact) mass is 231 g/mol. The zero-order valence-corrected chi connectivity index (χ0v) is 9.79. The van der Waals surface area contributed by atoms with Crippen molar-refractivity contribution in [3.05, 3.63) is 24.7 Å². The minimum atomic E-state index is 0.604. The van der Waals surface area contributed by atoms with Crippen LogP contribution in [0.3, 0.4) is 0 Å². The molecule has 0 amide bonds. The molecule has 2 heterocycles. The number of nitrogens with two attached hydrogens (primary N) is 1. The van der Waals surface area contributed by atoms with E-state index in [-0.39, 0.29) is 0 Å². The minimum Gasteiger partial charge on any atom is -0.351 e. The van der Waals surface area contributed by atoms with Crippen molar-refractivity contribution < 1.29 is 0 Å². The van der Waals surface area contributed by atoms with Crippen LogP contribution in [0.2, 0.25) is 0 Å². The van der Waals surface area contributed by atoms with Gasteiger partial charge in [-0.15, -0.1) is 0 Å². The highest BCUT2D eigenvalue weighted by atomic mass is 15.3. The standard InChI is InChI=1S/C12H17N5/c13-5-8-16(10-2-1-3-10)12-11-4-6-15-17(11)9-7-14-12/h4,6-7,9-10H,1-3,5,8,13H2. The van der Waals surface area contributed by atoms with E-state index in [1.165, 1.54) is 19.3 Å². The summed E-state index contributed by atoms with van der Waals surface area (Å²) < 4.78 is 1.87. The summed E-state index contributed by atoms with van der Waals surface area (Å²) in [5.41, 5.74) is 6.77. The molecule has 0 radical (unpaired) electrons. The molecule has 0 aliphatic heterocycles. The largest absolute Gasteiger partial charge is 0.351 e. The van der Waals surface area contributed by atoms with Crippen molar-refractivity contribution >= 4 is 11.3 Å². The van der Waals surface area contributed by atoms with Gasteiger partial charge in [-0.3, -0.25) is 0 Å². The van der Waals surface area contributed by atoms with Crippen LogP contribution >= 0.6 is 0 Å². The van der Waals surface area contributed by atoms with Crippen molar-refractivity contribution in [3.63, 3.8) is 0 Å². The normalized spacial score (nSPS) is 16.1. The second kappa shape index (κ2) is 4.33. The van der Waals surface area contributed by atoms with Gasteiger partial charge in [0.15, 0.2) is 5.82 Å². The van der Waals surface area contributed by atoms with Gasteiger partial charge in [-0.25, -0.2) is 9.50 Å². The van der Waals surface area contributed by atoms with E-state index in [9.17, 15) is 0 Å². The summed E-state index contributed by atoms with van der Waals surface area (Å²) in [7, 11) is 0. The first-order valence-electron chi connectivity index (χ1n) is 6.15. The van der Waals surface area contributed by atoms with Gasteiger partial charge in [0.25, 0.3) is 0 Å². The lowest BCUT2D eigenvalue weighted by molar-refractivity contribution is 0.386.